The minimum absolute atomic E-state index is 0.155. The molecule has 0 bridgehead atoms. The number of aromatic nitrogens is 1. The van der Waals surface area contributed by atoms with E-state index < -0.39 is 0 Å². The molecule has 1 amide bonds. The number of halogens is 1. The molecule has 0 saturated heterocycles. The third-order valence-electron chi connectivity index (χ3n) is 2.35. The van der Waals surface area contributed by atoms with E-state index in [0.717, 1.165) is 16.6 Å². The molecule has 0 saturated carbocycles. The van der Waals surface area contributed by atoms with Crippen molar-refractivity contribution in [3.05, 3.63) is 39.8 Å². The van der Waals surface area contributed by atoms with E-state index in [9.17, 15) is 4.79 Å². The molecule has 0 radical (unpaired) electrons. The lowest BCUT2D eigenvalue weighted by molar-refractivity contribution is 0.0965. The monoisotopic (exact) mass is 293 g/mol. The summed E-state index contributed by atoms with van der Waals surface area (Å²) in [6.45, 7) is 0. The van der Waals surface area contributed by atoms with E-state index >= 15 is 0 Å². The number of carbonyl (C=O) groups excluding carboxylic acids is 1. The number of nitrogens with one attached hydrogen (secondary N) is 1. The summed E-state index contributed by atoms with van der Waals surface area (Å²) in [6.07, 6.45) is 4.32. The Kier molecular flexibility index (Phi) is 3.31. The Hall–Kier alpha value is -1.58. The molecule has 1 aliphatic rings. The zero-order valence-corrected chi connectivity index (χ0v) is 11.2. The van der Waals surface area contributed by atoms with Gasteiger partial charge >= 0.3 is 0 Å². The van der Waals surface area contributed by atoms with Crippen molar-refractivity contribution in [2.75, 3.05) is 19.0 Å². The number of anilines is 1. The Bertz CT molecular complexity index is 531. The normalized spacial score (nSPS) is 12.8. The fourth-order valence-electron chi connectivity index (χ4n) is 1.45. The summed E-state index contributed by atoms with van der Waals surface area (Å²) in [5.41, 5.74) is 4.29. The Morgan fingerprint density at radius 1 is 1.59 bits per heavy atom. The molecule has 1 N–H and O–H groups in total. The fourth-order valence-corrected chi connectivity index (χ4v) is 1.78. The maximum absolute atomic E-state index is 12.1. The van der Waals surface area contributed by atoms with Crippen molar-refractivity contribution in [3.63, 3.8) is 0 Å². The molecule has 1 heterocycles. The van der Waals surface area contributed by atoms with Crippen LogP contribution in [-0.2, 0) is 0 Å². The van der Waals surface area contributed by atoms with Gasteiger partial charge in [0.2, 0.25) is 0 Å². The van der Waals surface area contributed by atoms with Gasteiger partial charge in [-0.25, -0.2) is 4.98 Å². The van der Waals surface area contributed by atoms with Crippen LogP contribution >= 0.6 is 15.9 Å². The van der Waals surface area contributed by atoms with Crippen LogP contribution in [0.4, 0.5) is 5.82 Å². The van der Waals surface area contributed by atoms with Gasteiger partial charge in [0.15, 0.2) is 0 Å². The summed E-state index contributed by atoms with van der Waals surface area (Å²) in [4.78, 5) is 18.1. The minimum atomic E-state index is -0.155. The van der Waals surface area contributed by atoms with Crippen LogP contribution in [0.15, 0.2) is 34.2 Å². The summed E-state index contributed by atoms with van der Waals surface area (Å²) >= 11 is 3.32. The van der Waals surface area contributed by atoms with Crippen LogP contribution in [0.5, 0.6) is 0 Å². The molecular weight excluding hydrogens is 282 g/mol. The van der Waals surface area contributed by atoms with Crippen LogP contribution in [0.1, 0.15) is 16.8 Å². The third-order valence-corrected chi connectivity index (χ3v) is 2.78. The predicted octanol–water partition coefficient (Wildman–Crippen LogP) is 2.08. The Morgan fingerprint density at radius 3 is 2.82 bits per heavy atom. The van der Waals surface area contributed by atoms with Gasteiger partial charge in [-0.15, -0.1) is 5.73 Å². The second-order valence-corrected chi connectivity index (χ2v) is 4.82. The van der Waals surface area contributed by atoms with Crippen molar-refractivity contribution >= 4 is 27.7 Å². The molecule has 1 aromatic heterocycles. The van der Waals surface area contributed by atoms with Crippen molar-refractivity contribution in [2.45, 2.75) is 6.42 Å². The second-order valence-electron chi connectivity index (χ2n) is 3.90. The number of carbonyl (C=O) groups is 1. The summed E-state index contributed by atoms with van der Waals surface area (Å²) in [6, 6.07) is 1.76. The van der Waals surface area contributed by atoms with Gasteiger partial charge < -0.3 is 10.2 Å². The second kappa shape index (κ2) is 4.73. The summed E-state index contributed by atoms with van der Waals surface area (Å²) in [5.74, 6) is 0.493. The Balaban J connectivity index is 2.31. The molecule has 2 rings (SSSR count). The molecule has 1 aliphatic carbocycles. The van der Waals surface area contributed by atoms with E-state index in [1.807, 2.05) is 25.1 Å². The van der Waals surface area contributed by atoms with Crippen LogP contribution in [0.3, 0.4) is 0 Å². The number of hydrogen-bond donors (Lipinski definition) is 1. The van der Waals surface area contributed by atoms with Crippen LogP contribution in [0, 0.1) is 0 Å². The summed E-state index contributed by atoms with van der Waals surface area (Å²) in [5, 5.41) is 2.80. The highest BCUT2D eigenvalue weighted by Gasteiger charge is 2.16. The highest BCUT2D eigenvalue weighted by molar-refractivity contribution is 9.10. The van der Waals surface area contributed by atoms with E-state index in [2.05, 4.69) is 32.0 Å². The number of nitrogens with zero attached hydrogens (tertiary/aromatic N) is 2. The topological polar surface area (TPSA) is 45.2 Å². The van der Waals surface area contributed by atoms with Gasteiger partial charge in [0.05, 0.1) is 11.3 Å². The van der Waals surface area contributed by atoms with Crippen molar-refractivity contribution in [1.29, 1.82) is 0 Å². The van der Waals surface area contributed by atoms with E-state index in [4.69, 9.17) is 0 Å². The lowest BCUT2D eigenvalue weighted by Crippen LogP contribution is -2.26. The van der Waals surface area contributed by atoms with Gasteiger partial charge in [-0.1, -0.05) is 0 Å². The molecule has 17 heavy (non-hydrogen) atoms. The Morgan fingerprint density at radius 2 is 2.29 bits per heavy atom. The van der Waals surface area contributed by atoms with Crippen LogP contribution in [0.25, 0.3) is 0 Å². The van der Waals surface area contributed by atoms with Crippen LogP contribution in [-0.4, -0.2) is 25.0 Å². The van der Waals surface area contributed by atoms with Crippen LogP contribution < -0.4 is 10.2 Å². The molecule has 4 nitrogen and oxygen atoms in total. The van der Waals surface area contributed by atoms with Gasteiger partial charge in [0.25, 0.3) is 5.91 Å². The lowest BCUT2D eigenvalue weighted by atomic mass is 10.1. The van der Waals surface area contributed by atoms with Gasteiger partial charge in [-0.05, 0) is 28.1 Å². The number of hydrogen-bond acceptors (Lipinski definition) is 3. The first-order valence-corrected chi connectivity index (χ1v) is 5.95. The quantitative estimate of drug-likeness (QED) is 0.868. The maximum Gasteiger partial charge on any atom is 0.259 e. The van der Waals surface area contributed by atoms with Gasteiger partial charge in [0.1, 0.15) is 5.82 Å². The molecule has 0 aromatic carbocycles. The Labute approximate surface area is 108 Å². The van der Waals surface area contributed by atoms with E-state index in [1.165, 1.54) is 0 Å². The highest BCUT2D eigenvalue weighted by atomic mass is 79.9. The molecule has 0 atom stereocenters. The van der Waals surface area contributed by atoms with Crippen molar-refractivity contribution < 1.29 is 4.79 Å². The van der Waals surface area contributed by atoms with E-state index in [0.29, 0.717) is 11.4 Å². The van der Waals surface area contributed by atoms with Gasteiger partial charge in [0, 0.05) is 31.2 Å². The van der Waals surface area contributed by atoms with E-state index in [1.54, 1.807) is 12.3 Å². The minimum Gasteiger partial charge on any atom is -0.362 e. The number of rotatable bonds is 3. The first kappa shape index (κ1) is 11.9. The summed E-state index contributed by atoms with van der Waals surface area (Å²) < 4.78 is 0.784. The smallest absolute Gasteiger partial charge is 0.259 e. The van der Waals surface area contributed by atoms with Gasteiger partial charge in [-0.3, -0.25) is 4.79 Å². The molecule has 0 aliphatic heterocycles. The van der Waals surface area contributed by atoms with Gasteiger partial charge in [-0.2, -0.15) is 0 Å². The maximum atomic E-state index is 12.1. The molecule has 0 spiro atoms. The molecule has 5 heteroatoms. The predicted molar refractivity (Wildman–Crippen MR) is 69.9 cm³/mol. The molecule has 88 valence electrons. The van der Waals surface area contributed by atoms with E-state index in [-0.39, 0.29) is 5.91 Å². The third kappa shape index (κ3) is 2.57. The highest BCUT2D eigenvalue weighted by Crippen LogP contribution is 2.20. The molecule has 0 unspecified atom stereocenters. The first-order valence-electron chi connectivity index (χ1n) is 5.16. The largest absolute Gasteiger partial charge is 0.362 e. The standard InChI is InChI=1S/C12H12BrN3O/c1-16(2)11-10(6-8(13)7-14-11)12(17)15-9-4-3-5-9/h3,6-7H,4H2,1-2H3,(H,15,17). The molecular formula is C12H12BrN3O. The average Bonchev–Trinajstić information content (AvgIpc) is 2.22. The average molecular weight is 294 g/mol. The SMILES string of the molecule is CN(C)c1ncc(Br)cc1C(=O)NC1=C=CC1. The zero-order chi connectivity index (χ0) is 12.4. The molecule has 1 aromatic rings. The number of pyridine rings is 1. The number of amides is 1. The molecule has 0 fully saturated rings. The fraction of sp³-hybridized carbons (Fsp3) is 0.250. The van der Waals surface area contributed by atoms with Crippen LogP contribution in [0.2, 0.25) is 0 Å². The van der Waals surface area contributed by atoms with Crippen molar-refractivity contribution in [2.24, 2.45) is 0 Å². The van der Waals surface area contributed by atoms with Crippen molar-refractivity contribution in [1.82, 2.24) is 10.3 Å². The lowest BCUT2D eigenvalue weighted by Gasteiger charge is -2.17. The van der Waals surface area contributed by atoms with Crippen molar-refractivity contribution in [3.8, 4) is 0 Å². The zero-order valence-electron chi connectivity index (χ0n) is 9.62. The first-order chi connectivity index (χ1) is 8.08. The summed E-state index contributed by atoms with van der Waals surface area (Å²) in [7, 11) is 3.71.